The third-order valence-electron chi connectivity index (χ3n) is 7.09. The number of benzene rings is 2. The monoisotopic (exact) mass is 414 g/mol. The summed E-state index contributed by atoms with van der Waals surface area (Å²) in [6.07, 6.45) is 6.19. The van der Waals surface area contributed by atoms with Crippen LogP contribution in [0.25, 0.3) is 0 Å². The predicted octanol–water partition coefficient (Wildman–Crippen LogP) is 4.26. The summed E-state index contributed by atoms with van der Waals surface area (Å²) < 4.78 is 0. The summed E-state index contributed by atoms with van der Waals surface area (Å²) >= 11 is 0. The van der Waals surface area contributed by atoms with E-state index in [-0.39, 0.29) is 47.8 Å². The molecule has 6 rings (SSSR count). The zero-order valence-electron chi connectivity index (χ0n) is 17.5. The van der Waals surface area contributed by atoms with Crippen molar-refractivity contribution in [2.45, 2.75) is 32.2 Å². The summed E-state index contributed by atoms with van der Waals surface area (Å²) in [6, 6.07) is 16.4. The number of imide groups is 1. The average Bonchev–Trinajstić information content (AvgIpc) is 3.07. The van der Waals surface area contributed by atoms with E-state index in [0.29, 0.717) is 0 Å². The molecule has 2 fully saturated rings. The van der Waals surface area contributed by atoms with E-state index in [4.69, 9.17) is 0 Å². The highest BCUT2D eigenvalue weighted by Gasteiger charge is 2.58. The topological polar surface area (TPSA) is 66.5 Å². The van der Waals surface area contributed by atoms with Crippen LogP contribution in [-0.2, 0) is 14.4 Å². The first-order valence-electron chi connectivity index (χ1n) is 11.0. The second-order valence-electron chi connectivity index (χ2n) is 8.88. The van der Waals surface area contributed by atoms with E-state index < -0.39 is 6.04 Å². The van der Waals surface area contributed by atoms with Crippen LogP contribution in [0.2, 0.25) is 0 Å². The van der Waals surface area contributed by atoms with Gasteiger partial charge in [0.2, 0.25) is 17.7 Å². The molecule has 31 heavy (non-hydrogen) atoms. The van der Waals surface area contributed by atoms with Crippen LogP contribution in [-0.4, -0.2) is 22.6 Å². The summed E-state index contributed by atoms with van der Waals surface area (Å²) in [6.45, 7) is 1.94. The lowest BCUT2D eigenvalue weighted by atomic mass is 9.63. The van der Waals surface area contributed by atoms with Crippen LogP contribution in [0.15, 0.2) is 66.7 Å². The first kappa shape index (κ1) is 19.7. The first-order chi connectivity index (χ1) is 15.0. The standard InChI is InChI=1S/C26H26N2O3/c1-16-7-5-6-10-20(16)27-22(29)15-21(17-8-3-2-4-9-17)28-25(30)23-18-11-12-19(14-13-18)24(23)26(28)31/h2-12,18-19,21,23-24H,13-15H2,1H3,(H,27,29)/t18-,19-,21+,23+,24+/m0/s1. The van der Waals surface area contributed by atoms with Crippen molar-refractivity contribution in [3.63, 3.8) is 0 Å². The minimum atomic E-state index is -0.602. The number of nitrogens with one attached hydrogen (secondary N) is 1. The molecule has 1 saturated carbocycles. The number of amides is 3. The van der Waals surface area contributed by atoms with Crippen molar-refractivity contribution in [3.8, 4) is 0 Å². The SMILES string of the molecule is Cc1ccccc1NC(=O)C[C@H](c1ccccc1)N1C(=O)[C@H]2[C@H](C1=O)[C@H]1C=C[C@H]2CC1. The molecule has 1 saturated heterocycles. The fourth-order valence-corrected chi connectivity index (χ4v) is 5.53. The second kappa shape index (κ2) is 7.80. The molecule has 4 aliphatic rings. The van der Waals surface area contributed by atoms with Gasteiger partial charge in [-0.2, -0.15) is 0 Å². The number of rotatable bonds is 5. The fourth-order valence-electron chi connectivity index (χ4n) is 5.53. The number of anilines is 1. The number of fused-ring (bicyclic) bond motifs is 1. The number of carbonyl (C=O) groups is 3. The van der Waals surface area contributed by atoms with Gasteiger partial charge in [0, 0.05) is 5.69 Å². The first-order valence-corrected chi connectivity index (χ1v) is 11.0. The molecule has 0 unspecified atom stereocenters. The van der Waals surface area contributed by atoms with E-state index in [0.717, 1.165) is 29.7 Å². The Balaban J connectivity index is 1.45. The Hall–Kier alpha value is -3.21. The van der Waals surface area contributed by atoms with Gasteiger partial charge in [-0.1, -0.05) is 60.7 Å². The zero-order chi connectivity index (χ0) is 21.5. The number of nitrogens with zero attached hydrogens (tertiary/aromatic N) is 1. The highest BCUT2D eigenvalue weighted by molar-refractivity contribution is 6.07. The van der Waals surface area contributed by atoms with Gasteiger partial charge in [0.15, 0.2) is 0 Å². The smallest absolute Gasteiger partial charge is 0.234 e. The molecular formula is C26H26N2O3. The minimum absolute atomic E-state index is 0.0397. The van der Waals surface area contributed by atoms with Crippen LogP contribution in [0, 0.1) is 30.6 Å². The lowest BCUT2D eigenvalue weighted by molar-refractivity contribution is -0.143. The van der Waals surface area contributed by atoms with Crippen LogP contribution < -0.4 is 5.32 Å². The van der Waals surface area contributed by atoms with Gasteiger partial charge in [0.1, 0.15) is 0 Å². The van der Waals surface area contributed by atoms with E-state index in [2.05, 4.69) is 17.5 Å². The van der Waals surface area contributed by atoms with Crippen LogP contribution in [0.3, 0.4) is 0 Å². The average molecular weight is 415 g/mol. The largest absolute Gasteiger partial charge is 0.326 e. The molecule has 3 amide bonds. The summed E-state index contributed by atoms with van der Waals surface area (Å²) in [5.74, 6) is -0.732. The maximum absolute atomic E-state index is 13.5. The molecule has 5 heteroatoms. The molecule has 0 radical (unpaired) electrons. The molecule has 158 valence electrons. The van der Waals surface area contributed by atoms with Crippen molar-refractivity contribution >= 4 is 23.4 Å². The molecule has 5 nitrogen and oxygen atoms in total. The highest BCUT2D eigenvalue weighted by Crippen LogP contribution is 2.51. The Morgan fingerprint density at radius 2 is 1.52 bits per heavy atom. The molecule has 2 bridgehead atoms. The molecule has 0 spiro atoms. The molecular weight excluding hydrogens is 388 g/mol. The number of allylic oxidation sites excluding steroid dienone is 2. The van der Waals surface area contributed by atoms with E-state index in [9.17, 15) is 14.4 Å². The Bertz CT molecular complexity index is 1030. The Kier molecular flexibility index (Phi) is 4.97. The maximum Gasteiger partial charge on any atom is 0.234 e. The maximum atomic E-state index is 13.5. The van der Waals surface area contributed by atoms with E-state index in [1.807, 2.05) is 61.5 Å². The molecule has 2 aromatic carbocycles. The van der Waals surface area contributed by atoms with Gasteiger partial charge in [-0.15, -0.1) is 0 Å². The minimum Gasteiger partial charge on any atom is -0.326 e. The van der Waals surface area contributed by atoms with Gasteiger partial charge >= 0.3 is 0 Å². The second-order valence-corrected chi connectivity index (χ2v) is 8.88. The van der Waals surface area contributed by atoms with Crippen molar-refractivity contribution in [1.29, 1.82) is 0 Å². The number of carbonyl (C=O) groups excluding carboxylic acids is 3. The molecule has 5 atom stereocenters. The predicted molar refractivity (Wildman–Crippen MR) is 118 cm³/mol. The van der Waals surface area contributed by atoms with Crippen LogP contribution in [0.4, 0.5) is 5.69 Å². The van der Waals surface area contributed by atoms with Crippen LogP contribution >= 0.6 is 0 Å². The van der Waals surface area contributed by atoms with Gasteiger partial charge in [-0.3, -0.25) is 19.3 Å². The fraction of sp³-hybridized carbons (Fsp3) is 0.346. The van der Waals surface area contributed by atoms with E-state index in [1.165, 1.54) is 4.90 Å². The van der Waals surface area contributed by atoms with E-state index in [1.54, 1.807) is 0 Å². The molecule has 1 aliphatic heterocycles. The lowest BCUT2D eigenvalue weighted by Crippen LogP contribution is -2.38. The summed E-state index contributed by atoms with van der Waals surface area (Å²) in [5, 5.41) is 2.96. The zero-order valence-corrected chi connectivity index (χ0v) is 17.5. The quantitative estimate of drug-likeness (QED) is 0.587. The summed E-state index contributed by atoms with van der Waals surface area (Å²) in [4.78, 5) is 41.4. The van der Waals surface area contributed by atoms with Crippen molar-refractivity contribution in [3.05, 3.63) is 77.9 Å². The van der Waals surface area contributed by atoms with Gasteiger partial charge in [0.05, 0.1) is 24.3 Å². The number of hydrogen-bond acceptors (Lipinski definition) is 3. The van der Waals surface area contributed by atoms with Crippen molar-refractivity contribution in [1.82, 2.24) is 4.90 Å². The number of likely N-dealkylation sites (tertiary alicyclic amines) is 1. The summed E-state index contributed by atoms with van der Waals surface area (Å²) in [5.41, 5.74) is 2.52. The molecule has 1 heterocycles. The highest BCUT2D eigenvalue weighted by atomic mass is 16.2. The number of para-hydroxylation sites is 1. The molecule has 0 aromatic heterocycles. The van der Waals surface area contributed by atoms with Crippen molar-refractivity contribution < 1.29 is 14.4 Å². The van der Waals surface area contributed by atoms with Gasteiger partial charge in [-0.25, -0.2) is 0 Å². The number of hydrogen-bond donors (Lipinski definition) is 1. The molecule has 3 aliphatic carbocycles. The Morgan fingerprint density at radius 3 is 2.10 bits per heavy atom. The van der Waals surface area contributed by atoms with Gasteiger partial charge in [-0.05, 0) is 48.8 Å². The third-order valence-corrected chi connectivity index (χ3v) is 7.09. The van der Waals surface area contributed by atoms with E-state index >= 15 is 0 Å². The van der Waals surface area contributed by atoms with Crippen LogP contribution in [0.1, 0.15) is 36.4 Å². The third kappa shape index (κ3) is 3.38. The Labute approximate surface area is 182 Å². The Morgan fingerprint density at radius 1 is 0.935 bits per heavy atom. The molecule has 1 N–H and O–H groups in total. The van der Waals surface area contributed by atoms with Gasteiger partial charge in [0.25, 0.3) is 0 Å². The van der Waals surface area contributed by atoms with Gasteiger partial charge < -0.3 is 5.32 Å². The summed E-state index contributed by atoms with van der Waals surface area (Å²) in [7, 11) is 0. The molecule has 2 aromatic rings. The normalized spacial score (nSPS) is 27.3. The number of aryl methyl sites for hydroxylation is 1. The van der Waals surface area contributed by atoms with Crippen LogP contribution in [0.5, 0.6) is 0 Å². The lowest BCUT2D eigenvalue weighted by Gasteiger charge is -2.38. The van der Waals surface area contributed by atoms with Crippen molar-refractivity contribution in [2.75, 3.05) is 5.32 Å². The van der Waals surface area contributed by atoms with Crippen molar-refractivity contribution in [2.24, 2.45) is 23.7 Å².